The highest BCUT2D eigenvalue weighted by Crippen LogP contribution is 2.15. The molecular formula is C14H17N3O. The number of carbonyl (C=O) groups is 1. The molecule has 0 atom stereocenters. The Bertz CT molecular complexity index is 569. The first-order valence-electron chi connectivity index (χ1n) is 6.05. The van der Waals surface area contributed by atoms with Crippen molar-refractivity contribution in [3.05, 3.63) is 36.0 Å². The highest BCUT2D eigenvalue weighted by molar-refractivity contribution is 5.99. The highest BCUT2D eigenvalue weighted by Gasteiger charge is 2.03. The predicted molar refractivity (Wildman–Crippen MR) is 73.5 cm³/mol. The molecule has 0 saturated carbocycles. The highest BCUT2D eigenvalue weighted by atomic mass is 16.2. The van der Waals surface area contributed by atoms with Crippen molar-refractivity contribution in [2.75, 3.05) is 0 Å². The van der Waals surface area contributed by atoms with Crippen molar-refractivity contribution in [1.82, 2.24) is 10.4 Å². The van der Waals surface area contributed by atoms with Crippen LogP contribution in [0.25, 0.3) is 10.9 Å². The first-order chi connectivity index (χ1) is 8.66. The fourth-order valence-corrected chi connectivity index (χ4v) is 1.79. The summed E-state index contributed by atoms with van der Waals surface area (Å²) in [6, 6.07) is 7.97. The van der Waals surface area contributed by atoms with Gasteiger partial charge in [-0.2, -0.15) is 5.10 Å². The molecule has 4 nitrogen and oxygen atoms in total. The lowest BCUT2D eigenvalue weighted by molar-refractivity contribution is -0.121. The van der Waals surface area contributed by atoms with Crippen LogP contribution in [0.15, 0.2) is 35.6 Å². The normalized spacial score (nSPS) is 11.5. The number of nitrogens with one attached hydrogen (secondary N) is 2. The van der Waals surface area contributed by atoms with Gasteiger partial charge in [-0.15, -0.1) is 0 Å². The first-order valence-corrected chi connectivity index (χ1v) is 6.05. The molecule has 2 aromatic rings. The fraction of sp³-hybridized carbons (Fsp3) is 0.286. The van der Waals surface area contributed by atoms with Crippen LogP contribution in [0.3, 0.4) is 0 Å². The van der Waals surface area contributed by atoms with Crippen LogP contribution in [0.4, 0.5) is 0 Å². The van der Waals surface area contributed by atoms with E-state index in [1.807, 2.05) is 44.3 Å². The zero-order valence-corrected chi connectivity index (χ0v) is 10.6. The van der Waals surface area contributed by atoms with Gasteiger partial charge in [0.15, 0.2) is 0 Å². The van der Waals surface area contributed by atoms with E-state index in [0.29, 0.717) is 12.3 Å². The third kappa shape index (κ3) is 2.97. The van der Waals surface area contributed by atoms with E-state index >= 15 is 0 Å². The monoisotopic (exact) mass is 243 g/mol. The van der Waals surface area contributed by atoms with Crippen molar-refractivity contribution in [2.45, 2.75) is 20.3 Å². The van der Waals surface area contributed by atoms with E-state index in [1.165, 1.54) is 0 Å². The number of aromatic nitrogens is 1. The van der Waals surface area contributed by atoms with E-state index in [1.54, 1.807) is 6.21 Å². The summed E-state index contributed by atoms with van der Waals surface area (Å²) in [5, 5.41) is 5.07. The van der Waals surface area contributed by atoms with Crippen molar-refractivity contribution >= 4 is 23.0 Å². The van der Waals surface area contributed by atoms with Crippen LogP contribution in [-0.2, 0) is 4.79 Å². The molecule has 1 heterocycles. The van der Waals surface area contributed by atoms with Gasteiger partial charge in [0.05, 0.1) is 6.21 Å². The maximum Gasteiger partial charge on any atom is 0.240 e. The number of benzene rings is 1. The second-order valence-corrected chi connectivity index (χ2v) is 4.68. The molecule has 0 spiro atoms. The Morgan fingerprint density at radius 3 is 3.00 bits per heavy atom. The maximum absolute atomic E-state index is 11.4. The quantitative estimate of drug-likeness (QED) is 0.629. The smallest absolute Gasteiger partial charge is 0.240 e. The Labute approximate surface area is 106 Å². The number of rotatable bonds is 4. The van der Waals surface area contributed by atoms with Crippen molar-refractivity contribution < 1.29 is 4.79 Å². The van der Waals surface area contributed by atoms with Crippen LogP contribution in [0.1, 0.15) is 25.8 Å². The summed E-state index contributed by atoms with van der Waals surface area (Å²) >= 11 is 0. The molecule has 1 aromatic carbocycles. The molecule has 2 rings (SSSR count). The minimum Gasteiger partial charge on any atom is -0.361 e. The molecule has 0 fully saturated rings. The fourth-order valence-electron chi connectivity index (χ4n) is 1.79. The molecule has 0 unspecified atom stereocenters. The summed E-state index contributed by atoms with van der Waals surface area (Å²) in [4.78, 5) is 14.6. The summed E-state index contributed by atoms with van der Waals surface area (Å²) in [5.41, 5.74) is 4.56. The molecule has 0 saturated heterocycles. The van der Waals surface area contributed by atoms with E-state index in [9.17, 15) is 4.79 Å². The van der Waals surface area contributed by atoms with E-state index in [2.05, 4.69) is 15.5 Å². The van der Waals surface area contributed by atoms with Gasteiger partial charge in [0.25, 0.3) is 0 Å². The minimum absolute atomic E-state index is 0.0545. The molecule has 0 aliphatic carbocycles. The van der Waals surface area contributed by atoms with E-state index in [-0.39, 0.29) is 5.91 Å². The number of hydrogen-bond donors (Lipinski definition) is 2. The number of aromatic amines is 1. The lowest BCUT2D eigenvalue weighted by atomic mass is 10.1. The summed E-state index contributed by atoms with van der Waals surface area (Å²) in [5.74, 6) is 0.286. The number of fused-ring (bicyclic) bond motifs is 1. The maximum atomic E-state index is 11.4. The van der Waals surface area contributed by atoms with E-state index in [0.717, 1.165) is 16.5 Å². The SMILES string of the molecule is CC(C)CC(=O)NN=Cc1c[nH]c2ccccc12. The molecule has 0 radical (unpaired) electrons. The average Bonchev–Trinajstić information content (AvgIpc) is 2.72. The summed E-state index contributed by atoms with van der Waals surface area (Å²) in [6.07, 6.45) is 4.03. The number of amides is 1. The molecule has 1 aromatic heterocycles. The third-order valence-electron chi connectivity index (χ3n) is 2.61. The second kappa shape index (κ2) is 5.49. The van der Waals surface area contributed by atoms with Crippen molar-refractivity contribution in [3.63, 3.8) is 0 Å². The molecule has 0 aliphatic rings. The van der Waals surface area contributed by atoms with Gasteiger partial charge in [-0.05, 0) is 12.0 Å². The van der Waals surface area contributed by atoms with Crippen molar-refractivity contribution in [2.24, 2.45) is 11.0 Å². The summed E-state index contributed by atoms with van der Waals surface area (Å²) in [6.45, 7) is 4.01. The van der Waals surface area contributed by atoms with Crippen LogP contribution in [0.5, 0.6) is 0 Å². The van der Waals surface area contributed by atoms with Crippen LogP contribution in [0, 0.1) is 5.92 Å². The topological polar surface area (TPSA) is 57.2 Å². The Morgan fingerprint density at radius 1 is 1.44 bits per heavy atom. The van der Waals surface area contributed by atoms with Crippen molar-refractivity contribution in [3.8, 4) is 0 Å². The Hall–Kier alpha value is -2.10. The van der Waals surface area contributed by atoms with Crippen LogP contribution < -0.4 is 5.43 Å². The number of carbonyl (C=O) groups excluding carboxylic acids is 1. The van der Waals surface area contributed by atoms with Crippen LogP contribution in [0.2, 0.25) is 0 Å². The van der Waals surface area contributed by atoms with Gasteiger partial charge in [0, 0.05) is 29.1 Å². The number of hydrazone groups is 1. The number of hydrogen-bond acceptors (Lipinski definition) is 2. The summed E-state index contributed by atoms with van der Waals surface area (Å²) in [7, 11) is 0. The van der Waals surface area contributed by atoms with Gasteiger partial charge < -0.3 is 4.98 Å². The Kier molecular flexibility index (Phi) is 3.77. The van der Waals surface area contributed by atoms with Gasteiger partial charge in [0.1, 0.15) is 0 Å². The first kappa shape index (κ1) is 12.4. The second-order valence-electron chi connectivity index (χ2n) is 4.68. The third-order valence-corrected chi connectivity index (χ3v) is 2.61. The van der Waals surface area contributed by atoms with E-state index in [4.69, 9.17) is 0 Å². The zero-order valence-electron chi connectivity index (χ0n) is 10.6. The van der Waals surface area contributed by atoms with Gasteiger partial charge in [0.2, 0.25) is 5.91 Å². The molecule has 1 amide bonds. The van der Waals surface area contributed by atoms with Gasteiger partial charge in [-0.25, -0.2) is 5.43 Å². The Balaban J connectivity index is 2.03. The van der Waals surface area contributed by atoms with Gasteiger partial charge >= 0.3 is 0 Å². The molecule has 0 aliphatic heterocycles. The average molecular weight is 243 g/mol. The molecular weight excluding hydrogens is 226 g/mol. The standard InChI is InChI=1S/C14H17N3O/c1-10(2)7-14(18)17-16-9-11-8-15-13-6-4-3-5-12(11)13/h3-6,8-10,15H,7H2,1-2H3,(H,17,18). The van der Waals surface area contributed by atoms with E-state index < -0.39 is 0 Å². The zero-order chi connectivity index (χ0) is 13.0. The number of H-pyrrole nitrogens is 1. The van der Waals surface area contributed by atoms with Gasteiger partial charge in [-0.1, -0.05) is 32.0 Å². The lowest BCUT2D eigenvalue weighted by Gasteiger charge is -2.01. The molecule has 18 heavy (non-hydrogen) atoms. The van der Waals surface area contributed by atoms with Crippen LogP contribution in [-0.4, -0.2) is 17.1 Å². The van der Waals surface area contributed by atoms with Gasteiger partial charge in [-0.3, -0.25) is 4.79 Å². The van der Waals surface area contributed by atoms with Crippen LogP contribution >= 0.6 is 0 Å². The predicted octanol–water partition coefficient (Wildman–Crippen LogP) is 2.66. The number of nitrogens with zero attached hydrogens (tertiary/aromatic N) is 1. The molecule has 0 bridgehead atoms. The Morgan fingerprint density at radius 2 is 2.22 bits per heavy atom. The lowest BCUT2D eigenvalue weighted by Crippen LogP contribution is -2.18. The molecule has 2 N–H and O–H groups in total. The van der Waals surface area contributed by atoms with Crippen molar-refractivity contribution in [1.29, 1.82) is 0 Å². The minimum atomic E-state index is -0.0545. The number of para-hydroxylation sites is 1. The summed E-state index contributed by atoms with van der Waals surface area (Å²) < 4.78 is 0. The molecule has 4 heteroatoms. The largest absolute Gasteiger partial charge is 0.361 e. The molecule has 94 valence electrons.